The van der Waals surface area contributed by atoms with E-state index in [4.69, 9.17) is 0 Å². The van der Waals surface area contributed by atoms with Crippen molar-refractivity contribution in [2.24, 2.45) is 0 Å². The molecule has 0 amide bonds. The molecule has 0 radical (unpaired) electrons. The second kappa shape index (κ2) is 6.73. The van der Waals surface area contributed by atoms with E-state index in [1.165, 1.54) is 0 Å². The van der Waals surface area contributed by atoms with E-state index in [2.05, 4.69) is 10.2 Å². The van der Waals surface area contributed by atoms with Crippen LogP contribution in [0, 0.1) is 0 Å². The molecule has 0 fully saturated rings. The van der Waals surface area contributed by atoms with Crippen LogP contribution in [-0.2, 0) is 0 Å². The van der Waals surface area contributed by atoms with Gasteiger partial charge in [-0.25, -0.2) is 0 Å². The molecule has 0 bridgehead atoms. The Labute approximate surface area is 144 Å². The van der Waals surface area contributed by atoms with Crippen LogP contribution in [0.3, 0.4) is 0 Å². The molecule has 23 heavy (non-hydrogen) atoms. The van der Waals surface area contributed by atoms with Crippen molar-refractivity contribution in [3.05, 3.63) is 78.2 Å². The Hall–Kier alpha value is -2.50. The van der Waals surface area contributed by atoms with E-state index in [0.29, 0.717) is 0 Å². The van der Waals surface area contributed by atoms with Crippen LogP contribution in [0.5, 0.6) is 0 Å². The van der Waals surface area contributed by atoms with Gasteiger partial charge in [0.2, 0.25) is 0 Å². The van der Waals surface area contributed by atoms with Crippen LogP contribution in [0.2, 0.25) is 0 Å². The van der Waals surface area contributed by atoms with Gasteiger partial charge in [-0.2, -0.15) is 0 Å². The molecule has 0 aliphatic carbocycles. The second-order valence-electron chi connectivity index (χ2n) is 4.75. The standard InChI is InChI=1S/C17H13N4S.ClH/c1-3-8-14(9-4-1)20-18-17(16-12-7-13-22-16)19-21(20)15-10-5-2-6-11-15;/h1-13H;1H/q+1;/p-1. The molecule has 114 valence electrons. The van der Waals surface area contributed by atoms with Crippen LogP contribution >= 0.6 is 11.3 Å². The largest absolute Gasteiger partial charge is 1.00 e. The third-order valence-electron chi connectivity index (χ3n) is 3.27. The van der Waals surface area contributed by atoms with Crippen molar-refractivity contribution in [3.8, 4) is 22.1 Å². The fourth-order valence-electron chi connectivity index (χ4n) is 2.25. The molecule has 4 rings (SSSR count). The van der Waals surface area contributed by atoms with E-state index < -0.39 is 0 Å². The molecule has 6 heteroatoms. The molecule has 0 saturated carbocycles. The average Bonchev–Trinajstić information content (AvgIpc) is 3.26. The lowest BCUT2D eigenvalue weighted by atomic mass is 10.3. The summed E-state index contributed by atoms with van der Waals surface area (Å²) < 4.78 is 0. The number of nitrogens with zero attached hydrogens (tertiary/aromatic N) is 4. The number of benzene rings is 2. The topological polar surface area (TPSA) is 34.6 Å². The van der Waals surface area contributed by atoms with E-state index in [9.17, 15) is 0 Å². The van der Waals surface area contributed by atoms with E-state index >= 15 is 0 Å². The molecule has 0 atom stereocenters. The highest BCUT2D eigenvalue weighted by atomic mass is 35.5. The van der Waals surface area contributed by atoms with Gasteiger partial charge in [-0.15, -0.1) is 11.3 Å². The SMILES string of the molecule is [Cl-].c1ccc(-n2nc(-c3cccs3)n[n+]2-c2ccccc2)cc1. The normalized spacial score (nSPS) is 10.3. The van der Waals surface area contributed by atoms with Crippen molar-refractivity contribution in [2.45, 2.75) is 0 Å². The first-order valence-corrected chi connectivity index (χ1v) is 7.84. The monoisotopic (exact) mass is 340 g/mol. The van der Waals surface area contributed by atoms with Gasteiger partial charge >= 0.3 is 5.82 Å². The van der Waals surface area contributed by atoms with E-state index in [1.54, 1.807) is 11.3 Å². The van der Waals surface area contributed by atoms with Crippen molar-refractivity contribution >= 4 is 11.3 Å². The molecule has 0 aliphatic rings. The first-order chi connectivity index (χ1) is 10.9. The van der Waals surface area contributed by atoms with Gasteiger partial charge in [-0.1, -0.05) is 42.5 Å². The average molecular weight is 341 g/mol. The Morgan fingerprint density at radius 1 is 0.826 bits per heavy atom. The maximum atomic E-state index is 4.68. The van der Waals surface area contributed by atoms with Gasteiger partial charge in [0.1, 0.15) is 10.6 Å². The Morgan fingerprint density at radius 3 is 2.17 bits per heavy atom. The van der Waals surface area contributed by atoms with Gasteiger partial charge in [0.25, 0.3) is 0 Å². The van der Waals surface area contributed by atoms with Crippen LogP contribution in [0.15, 0.2) is 78.2 Å². The molecule has 0 aliphatic heterocycles. The van der Waals surface area contributed by atoms with Crippen molar-refractivity contribution in [2.75, 3.05) is 0 Å². The first-order valence-electron chi connectivity index (χ1n) is 6.96. The number of aromatic nitrogens is 4. The molecule has 2 aromatic heterocycles. The zero-order chi connectivity index (χ0) is 14.8. The molecule has 4 nitrogen and oxygen atoms in total. The lowest BCUT2D eigenvalue weighted by Crippen LogP contribution is -3.00. The Bertz CT molecular complexity index is 817. The van der Waals surface area contributed by atoms with Crippen LogP contribution in [-0.4, -0.2) is 15.0 Å². The minimum Gasteiger partial charge on any atom is -1.00 e. The lowest BCUT2D eigenvalue weighted by Gasteiger charge is -1.98. The minimum atomic E-state index is 0. The molecule has 2 heterocycles. The fourth-order valence-corrected chi connectivity index (χ4v) is 2.89. The highest BCUT2D eigenvalue weighted by Crippen LogP contribution is 2.20. The van der Waals surface area contributed by atoms with Gasteiger partial charge in [-0.3, -0.25) is 0 Å². The van der Waals surface area contributed by atoms with E-state index in [0.717, 1.165) is 22.1 Å². The number of hydrogen-bond donors (Lipinski definition) is 0. The molecule has 0 saturated heterocycles. The molecule has 0 unspecified atom stereocenters. The minimum absolute atomic E-state index is 0. The molecular formula is C17H13ClN4S. The van der Waals surface area contributed by atoms with Crippen LogP contribution in [0.4, 0.5) is 0 Å². The third-order valence-corrected chi connectivity index (χ3v) is 4.14. The van der Waals surface area contributed by atoms with Gasteiger partial charge in [-0.05, 0) is 45.6 Å². The number of tetrazole rings is 1. The smallest absolute Gasteiger partial charge is 0.349 e. The Balaban J connectivity index is 0.00000156. The molecule has 2 aromatic carbocycles. The van der Waals surface area contributed by atoms with E-state index in [-0.39, 0.29) is 12.4 Å². The highest BCUT2D eigenvalue weighted by molar-refractivity contribution is 7.13. The summed E-state index contributed by atoms with van der Waals surface area (Å²) in [6.45, 7) is 0. The fraction of sp³-hybridized carbons (Fsp3) is 0. The molecular weight excluding hydrogens is 328 g/mol. The maximum absolute atomic E-state index is 4.68. The van der Waals surface area contributed by atoms with Gasteiger partial charge in [0.15, 0.2) is 5.69 Å². The second-order valence-corrected chi connectivity index (χ2v) is 5.70. The van der Waals surface area contributed by atoms with Gasteiger partial charge < -0.3 is 12.4 Å². The van der Waals surface area contributed by atoms with Gasteiger partial charge in [0, 0.05) is 4.80 Å². The number of thiophene rings is 1. The predicted octanol–water partition coefficient (Wildman–Crippen LogP) is 0.277. The van der Waals surface area contributed by atoms with Crippen LogP contribution in [0.25, 0.3) is 22.1 Å². The number of rotatable bonds is 3. The summed E-state index contributed by atoms with van der Waals surface area (Å²) >= 11 is 1.64. The molecule has 4 aromatic rings. The van der Waals surface area contributed by atoms with Crippen molar-refractivity contribution in [1.82, 2.24) is 15.0 Å². The summed E-state index contributed by atoms with van der Waals surface area (Å²) in [4.78, 5) is 4.70. The quantitative estimate of drug-likeness (QED) is 0.502. The van der Waals surface area contributed by atoms with Crippen LogP contribution in [0.1, 0.15) is 0 Å². The Morgan fingerprint density at radius 2 is 1.52 bits per heavy atom. The zero-order valence-corrected chi connectivity index (χ0v) is 13.7. The summed E-state index contributed by atoms with van der Waals surface area (Å²) in [5, 5.41) is 11.4. The summed E-state index contributed by atoms with van der Waals surface area (Å²) in [6, 6.07) is 24.1. The molecule has 0 spiro atoms. The van der Waals surface area contributed by atoms with Gasteiger partial charge in [0.05, 0.1) is 5.10 Å². The summed E-state index contributed by atoms with van der Waals surface area (Å²) in [5.74, 6) is 0.725. The summed E-state index contributed by atoms with van der Waals surface area (Å²) in [6.07, 6.45) is 0. The van der Waals surface area contributed by atoms with Crippen molar-refractivity contribution in [3.63, 3.8) is 0 Å². The number of halogens is 1. The highest BCUT2D eigenvalue weighted by Gasteiger charge is 2.23. The number of hydrogen-bond acceptors (Lipinski definition) is 3. The Kier molecular flexibility index (Phi) is 4.50. The third kappa shape index (κ3) is 3.02. The van der Waals surface area contributed by atoms with Crippen molar-refractivity contribution in [1.29, 1.82) is 0 Å². The predicted molar refractivity (Wildman–Crippen MR) is 86.2 cm³/mol. The zero-order valence-electron chi connectivity index (χ0n) is 12.1. The summed E-state index contributed by atoms with van der Waals surface area (Å²) in [7, 11) is 0. The number of para-hydroxylation sites is 2. The van der Waals surface area contributed by atoms with Crippen LogP contribution < -0.4 is 17.2 Å². The summed E-state index contributed by atoms with van der Waals surface area (Å²) in [5.41, 5.74) is 1.95. The first kappa shape index (κ1) is 15.4. The molecule has 0 N–H and O–H groups in total. The van der Waals surface area contributed by atoms with E-state index in [1.807, 2.05) is 87.8 Å². The lowest BCUT2D eigenvalue weighted by molar-refractivity contribution is -0.734. The van der Waals surface area contributed by atoms with Crippen molar-refractivity contribution < 1.29 is 17.2 Å². The maximum Gasteiger partial charge on any atom is 0.349 e.